The first-order chi connectivity index (χ1) is 7.22. The predicted octanol–water partition coefficient (Wildman–Crippen LogP) is 0.487. The number of carbonyl (C=O) groups is 1. The second kappa shape index (κ2) is 6.72. The Bertz CT molecular complexity index is 413. The van der Waals surface area contributed by atoms with Gasteiger partial charge in [0.25, 0.3) is 6.03 Å². The number of amides is 2. The third kappa shape index (κ3) is 3.26. The number of primary amides is 1. The molecule has 2 aliphatic rings. The summed E-state index contributed by atoms with van der Waals surface area (Å²) in [6, 6.07) is -0.671. The van der Waals surface area contributed by atoms with Crippen molar-refractivity contribution in [1.29, 1.82) is 0 Å². The van der Waals surface area contributed by atoms with Gasteiger partial charge in [0.05, 0.1) is 0 Å². The number of hydrogen-bond acceptors (Lipinski definition) is 3. The zero-order valence-electron chi connectivity index (χ0n) is 9.49. The predicted molar refractivity (Wildman–Crippen MR) is 60.3 cm³/mol. The van der Waals surface area contributed by atoms with Gasteiger partial charge < -0.3 is 28.6 Å². The van der Waals surface area contributed by atoms with Crippen LogP contribution in [0.4, 0.5) is 4.79 Å². The van der Waals surface area contributed by atoms with E-state index in [9.17, 15) is 9.59 Å². The SMILES string of the molecule is NC(=O)NC1=C([C-]=O)NC2=CC=CCC21.[CH3-].[Y]. The summed E-state index contributed by atoms with van der Waals surface area (Å²) < 4.78 is 0. The third-order valence-corrected chi connectivity index (χ3v) is 2.41. The molecule has 2 rings (SSSR count). The Morgan fingerprint density at radius 1 is 1.59 bits per heavy atom. The van der Waals surface area contributed by atoms with Crippen LogP contribution in [0.1, 0.15) is 6.42 Å². The largest absolute Gasteiger partial charge is 0.417 e. The number of nitrogens with one attached hydrogen (secondary N) is 2. The summed E-state index contributed by atoms with van der Waals surface area (Å²) in [5.74, 6) is -0.0149. The fraction of sp³-hybridized carbons (Fsp3) is 0.182. The van der Waals surface area contributed by atoms with E-state index in [1.807, 2.05) is 18.2 Å². The number of nitrogens with two attached hydrogens (primary N) is 1. The van der Waals surface area contributed by atoms with Gasteiger partial charge in [-0.15, -0.1) is 0 Å². The third-order valence-electron chi connectivity index (χ3n) is 2.41. The molecule has 0 aromatic carbocycles. The number of carbonyl (C=O) groups excluding carboxylic acids is 2. The van der Waals surface area contributed by atoms with Crippen molar-refractivity contribution in [1.82, 2.24) is 10.6 Å². The fourth-order valence-electron chi connectivity index (χ4n) is 1.78. The quantitative estimate of drug-likeness (QED) is 0.649. The number of hydrogen-bond donors (Lipinski definition) is 3. The minimum atomic E-state index is -0.671. The first-order valence-electron chi connectivity index (χ1n) is 4.55. The molecule has 1 atom stereocenters. The molecule has 0 fully saturated rings. The van der Waals surface area contributed by atoms with Crippen LogP contribution >= 0.6 is 0 Å². The van der Waals surface area contributed by atoms with E-state index >= 15 is 0 Å². The molecule has 6 heteroatoms. The van der Waals surface area contributed by atoms with Gasteiger partial charge in [0.1, 0.15) is 0 Å². The number of allylic oxidation sites excluding steroid dienone is 4. The van der Waals surface area contributed by atoms with Gasteiger partial charge in [0.15, 0.2) is 0 Å². The Kier molecular flexibility index (Phi) is 6.35. The van der Waals surface area contributed by atoms with Crippen LogP contribution < -0.4 is 16.4 Å². The topological polar surface area (TPSA) is 84.2 Å². The molecule has 0 aromatic heterocycles. The smallest absolute Gasteiger partial charge is 0.300 e. The van der Waals surface area contributed by atoms with Crippen LogP contribution in [0.15, 0.2) is 35.3 Å². The maximum absolute atomic E-state index is 10.8. The molecule has 2 amide bonds. The van der Waals surface area contributed by atoms with Gasteiger partial charge in [-0.25, -0.2) is 0 Å². The molecule has 5 nitrogen and oxygen atoms in total. The van der Waals surface area contributed by atoms with Crippen LogP contribution in [-0.4, -0.2) is 12.3 Å². The number of fused-ring (bicyclic) bond motifs is 1. The molecule has 17 heavy (non-hydrogen) atoms. The fourth-order valence-corrected chi connectivity index (χ4v) is 1.78. The maximum atomic E-state index is 10.8. The van der Waals surface area contributed by atoms with Crippen LogP contribution in [-0.2, 0) is 37.5 Å². The molecule has 0 spiro atoms. The van der Waals surface area contributed by atoms with E-state index in [4.69, 9.17) is 5.73 Å². The van der Waals surface area contributed by atoms with E-state index < -0.39 is 6.03 Å². The summed E-state index contributed by atoms with van der Waals surface area (Å²) in [4.78, 5) is 21.4. The molecule has 1 unspecified atom stereocenters. The molecule has 89 valence electrons. The molecule has 4 N–H and O–H groups in total. The molecule has 0 saturated heterocycles. The van der Waals surface area contributed by atoms with Crippen LogP contribution in [0, 0.1) is 13.3 Å². The average Bonchev–Trinajstić information content (AvgIpc) is 2.56. The summed E-state index contributed by atoms with van der Waals surface area (Å²) in [5, 5.41) is 5.35. The van der Waals surface area contributed by atoms with Crippen molar-refractivity contribution in [2.24, 2.45) is 11.7 Å². The van der Waals surface area contributed by atoms with Gasteiger partial charge in [-0.2, -0.15) is 0 Å². The monoisotopic (exact) mass is 308 g/mol. The minimum Gasteiger partial charge on any atom is -0.417 e. The molecule has 0 saturated carbocycles. The summed E-state index contributed by atoms with van der Waals surface area (Å²) in [6.07, 6.45) is 8.22. The first-order valence-corrected chi connectivity index (χ1v) is 4.55. The molecule has 1 aliphatic heterocycles. The molecule has 1 heterocycles. The number of rotatable bonds is 2. The normalized spacial score (nSPS) is 20.2. The van der Waals surface area contributed by atoms with Crippen molar-refractivity contribution in [3.63, 3.8) is 0 Å². The minimum absolute atomic E-state index is 0. The molecular formula is C11H13N3O2Y-2. The van der Waals surface area contributed by atoms with Gasteiger partial charge >= 0.3 is 0 Å². The van der Waals surface area contributed by atoms with Crippen LogP contribution in [0.5, 0.6) is 0 Å². The Morgan fingerprint density at radius 3 is 2.88 bits per heavy atom. The van der Waals surface area contributed by atoms with Crippen molar-refractivity contribution in [3.05, 3.63) is 42.7 Å². The van der Waals surface area contributed by atoms with Crippen molar-refractivity contribution in [2.45, 2.75) is 6.42 Å². The summed E-state index contributed by atoms with van der Waals surface area (Å²) in [5.41, 5.74) is 6.69. The Hall–Kier alpha value is -0.936. The maximum Gasteiger partial charge on any atom is 0.300 e. The second-order valence-corrected chi connectivity index (χ2v) is 3.34. The van der Waals surface area contributed by atoms with E-state index in [0.29, 0.717) is 5.70 Å². The van der Waals surface area contributed by atoms with E-state index in [1.165, 1.54) is 0 Å². The average molecular weight is 308 g/mol. The molecule has 0 aromatic rings. The van der Waals surface area contributed by atoms with Gasteiger partial charge in [0, 0.05) is 44.7 Å². The van der Waals surface area contributed by atoms with E-state index in [-0.39, 0.29) is 51.8 Å². The van der Waals surface area contributed by atoms with Crippen LogP contribution in [0.2, 0.25) is 0 Å². The van der Waals surface area contributed by atoms with Crippen LogP contribution in [0.3, 0.4) is 0 Å². The van der Waals surface area contributed by atoms with Crippen molar-refractivity contribution in [3.8, 4) is 0 Å². The second-order valence-electron chi connectivity index (χ2n) is 3.34. The zero-order chi connectivity index (χ0) is 10.8. The Labute approximate surface area is 125 Å². The first kappa shape index (κ1) is 16.1. The Morgan fingerprint density at radius 2 is 2.29 bits per heavy atom. The molecule has 1 aliphatic carbocycles. The van der Waals surface area contributed by atoms with Gasteiger partial charge in [-0.05, 0) is 18.4 Å². The van der Waals surface area contributed by atoms with E-state index in [0.717, 1.165) is 12.1 Å². The van der Waals surface area contributed by atoms with Crippen molar-refractivity contribution < 1.29 is 42.3 Å². The molecular weight excluding hydrogens is 295 g/mol. The van der Waals surface area contributed by atoms with Gasteiger partial charge in [0.2, 0.25) is 0 Å². The van der Waals surface area contributed by atoms with Gasteiger partial charge in [-0.1, -0.05) is 23.5 Å². The summed E-state index contributed by atoms with van der Waals surface area (Å²) >= 11 is 0. The molecule has 0 bridgehead atoms. The van der Waals surface area contributed by atoms with E-state index in [2.05, 4.69) is 10.6 Å². The Balaban J connectivity index is 0.00000128. The zero-order valence-corrected chi connectivity index (χ0v) is 12.3. The summed E-state index contributed by atoms with van der Waals surface area (Å²) in [6.45, 7) is 0. The number of urea groups is 1. The van der Waals surface area contributed by atoms with Crippen LogP contribution in [0.25, 0.3) is 0 Å². The van der Waals surface area contributed by atoms with E-state index in [1.54, 1.807) is 6.29 Å². The van der Waals surface area contributed by atoms with Crippen molar-refractivity contribution in [2.75, 3.05) is 0 Å². The van der Waals surface area contributed by atoms with Crippen molar-refractivity contribution >= 4 is 12.3 Å². The van der Waals surface area contributed by atoms with Gasteiger partial charge in [-0.3, -0.25) is 4.79 Å². The summed E-state index contributed by atoms with van der Waals surface area (Å²) in [7, 11) is 0. The molecule has 1 radical (unpaired) electrons. The standard InChI is InChI=1S/C10H10N3O2.CH3.Y/c11-10(15)13-9-6-3-1-2-4-7(6)12-8(9)5-14;;/h1-2,4,6,12H,3H2,(H3,11,13,15);1H3;/q2*-1;.